The van der Waals surface area contributed by atoms with Crippen LogP contribution in [-0.4, -0.2) is 33.5 Å². The van der Waals surface area contributed by atoms with Crippen LogP contribution in [-0.2, 0) is 13.6 Å². The smallest absolute Gasteiger partial charge is 0.259 e. The third-order valence-corrected chi connectivity index (χ3v) is 5.20. The number of rotatable bonds is 6. The molecule has 162 valence electrons. The zero-order valence-corrected chi connectivity index (χ0v) is 18.2. The molecule has 4 aromatic rings. The molecule has 0 aliphatic carbocycles. The van der Waals surface area contributed by atoms with E-state index in [0.717, 1.165) is 5.52 Å². The number of aromatic nitrogens is 3. The zero-order valence-electron chi connectivity index (χ0n) is 17.4. The molecular weight excluding hydrogens is 430 g/mol. The number of hydrogen-bond acceptors (Lipinski definition) is 5. The second-order valence-corrected chi connectivity index (χ2v) is 7.38. The highest BCUT2D eigenvalue weighted by Gasteiger charge is 2.14. The van der Waals surface area contributed by atoms with Crippen molar-refractivity contribution >= 4 is 40.1 Å². The van der Waals surface area contributed by atoms with Gasteiger partial charge in [-0.2, -0.15) is 0 Å². The molecule has 0 aliphatic heterocycles. The number of fused-ring (bicyclic) bond motifs is 1. The molecule has 2 heterocycles. The van der Waals surface area contributed by atoms with Crippen molar-refractivity contribution in [2.45, 2.75) is 6.54 Å². The first-order valence-corrected chi connectivity index (χ1v) is 10.1. The Kier molecular flexibility index (Phi) is 6.04. The van der Waals surface area contributed by atoms with Gasteiger partial charge in [0.05, 0.1) is 35.8 Å². The number of pyridine rings is 1. The molecule has 0 fully saturated rings. The number of halogens is 1. The van der Waals surface area contributed by atoms with Crippen LogP contribution in [0.3, 0.4) is 0 Å². The normalized spacial score (nSPS) is 10.7. The molecule has 0 aliphatic rings. The van der Waals surface area contributed by atoms with Crippen LogP contribution in [0.15, 0.2) is 60.8 Å². The fourth-order valence-electron chi connectivity index (χ4n) is 3.29. The van der Waals surface area contributed by atoms with E-state index < -0.39 is 0 Å². The Labute approximate surface area is 189 Å². The van der Waals surface area contributed by atoms with Crippen molar-refractivity contribution in [2.75, 3.05) is 12.4 Å². The maximum absolute atomic E-state index is 12.7. The summed E-state index contributed by atoms with van der Waals surface area (Å²) >= 11 is 5.76. The summed E-state index contributed by atoms with van der Waals surface area (Å²) in [4.78, 5) is 33.5. The average Bonchev–Trinajstić information content (AvgIpc) is 3.12. The van der Waals surface area contributed by atoms with Crippen molar-refractivity contribution in [3.05, 3.63) is 82.9 Å². The lowest BCUT2D eigenvalue weighted by Gasteiger charge is -2.09. The van der Waals surface area contributed by atoms with Gasteiger partial charge in [-0.15, -0.1) is 0 Å². The Morgan fingerprint density at radius 2 is 1.91 bits per heavy atom. The number of hydrogen-bond donors (Lipinski definition) is 2. The Morgan fingerprint density at radius 3 is 2.66 bits per heavy atom. The van der Waals surface area contributed by atoms with Gasteiger partial charge in [0.2, 0.25) is 0 Å². The lowest BCUT2D eigenvalue weighted by Crippen LogP contribution is -2.24. The lowest BCUT2D eigenvalue weighted by atomic mass is 10.2. The molecule has 0 bridgehead atoms. The number of carbonyl (C=O) groups excluding carboxylic acids is 2. The van der Waals surface area contributed by atoms with E-state index in [9.17, 15) is 9.59 Å². The number of carbonyl (C=O) groups is 2. The first-order chi connectivity index (χ1) is 15.5. The molecule has 8 nitrogen and oxygen atoms in total. The summed E-state index contributed by atoms with van der Waals surface area (Å²) in [5, 5.41) is 6.03. The molecule has 2 aromatic heterocycles. The summed E-state index contributed by atoms with van der Waals surface area (Å²) in [7, 11) is 3.39. The molecule has 0 atom stereocenters. The summed E-state index contributed by atoms with van der Waals surface area (Å²) < 4.78 is 7.15. The minimum Gasteiger partial charge on any atom is -0.496 e. The van der Waals surface area contributed by atoms with Crippen LogP contribution >= 0.6 is 11.6 Å². The molecular formula is C23H20ClN5O3. The molecule has 0 unspecified atom stereocenters. The number of methoxy groups -OCH3 is 1. The van der Waals surface area contributed by atoms with Crippen molar-refractivity contribution in [3.8, 4) is 5.75 Å². The second-order valence-electron chi connectivity index (χ2n) is 7.00. The highest BCUT2D eigenvalue weighted by atomic mass is 35.5. The molecule has 2 amide bonds. The van der Waals surface area contributed by atoms with Crippen molar-refractivity contribution in [2.24, 2.45) is 7.05 Å². The topological polar surface area (TPSA) is 98.1 Å². The van der Waals surface area contributed by atoms with E-state index in [2.05, 4.69) is 20.6 Å². The Hall–Kier alpha value is -3.91. The van der Waals surface area contributed by atoms with Gasteiger partial charge in [0.15, 0.2) is 0 Å². The highest BCUT2D eigenvalue weighted by molar-refractivity contribution is 6.29. The minimum absolute atomic E-state index is 0.232. The predicted octanol–water partition coefficient (Wildman–Crippen LogP) is 3.81. The zero-order chi connectivity index (χ0) is 22.7. The van der Waals surface area contributed by atoms with Gasteiger partial charge in [0.25, 0.3) is 11.8 Å². The Balaban J connectivity index is 1.49. The number of ether oxygens (including phenoxy) is 1. The molecule has 0 saturated heterocycles. The molecule has 0 saturated carbocycles. The lowest BCUT2D eigenvalue weighted by molar-refractivity contribution is 0.0948. The van der Waals surface area contributed by atoms with Crippen molar-refractivity contribution in [3.63, 3.8) is 0 Å². The Morgan fingerprint density at radius 1 is 1.09 bits per heavy atom. The quantitative estimate of drug-likeness (QED) is 0.436. The average molecular weight is 450 g/mol. The van der Waals surface area contributed by atoms with E-state index in [-0.39, 0.29) is 18.4 Å². The first-order valence-electron chi connectivity index (χ1n) is 9.75. The molecule has 32 heavy (non-hydrogen) atoms. The molecule has 9 heteroatoms. The summed E-state index contributed by atoms with van der Waals surface area (Å²) in [6, 6.07) is 15.6. The minimum atomic E-state index is -0.276. The van der Waals surface area contributed by atoms with Gasteiger partial charge in [-0.25, -0.2) is 9.97 Å². The standard InChI is InChI=1S/C23H20ClN5O3/c1-29-18-9-8-15(27-23(31)16-5-3-4-6-19(16)32-2)11-17(18)28-21(29)13-26-22(30)14-7-10-20(24)25-12-14/h3-12H,13H2,1-2H3,(H,26,30)(H,27,31). The van der Waals surface area contributed by atoms with Crippen LogP contribution < -0.4 is 15.4 Å². The van der Waals surface area contributed by atoms with Gasteiger partial charge >= 0.3 is 0 Å². The van der Waals surface area contributed by atoms with Crippen molar-refractivity contribution < 1.29 is 14.3 Å². The number of para-hydroxylation sites is 1. The fourth-order valence-corrected chi connectivity index (χ4v) is 3.40. The fraction of sp³-hybridized carbons (Fsp3) is 0.130. The third-order valence-electron chi connectivity index (χ3n) is 4.98. The first kappa shape index (κ1) is 21.3. The van der Waals surface area contributed by atoms with Crippen molar-refractivity contribution in [1.29, 1.82) is 0 Å². The number of nitrogens with zero attached hydrogens (tertiary/aromatic N) is 3. The van der Waals surface area contributed by atoms with Gasteiger partial charge < -0.3 is 19.9 Å². The number of benzene rings is 2. The molecule has 0 radical (unpaired) electrons. The highest BCUT2D eigenvalue weighted by Crippen LogP contribution is 2.22. The maximum atomic E-state index is 12.7. The summed E-state index contributed by atoms with van der Waals surface area (Å²) in [6.45, 7) is 0.232. The van der Waals surface area contributed by atoms with Crippen LogP contribution in [0.2, 0.25) is 5.15 Å². The summed E-state index contributed by atoms with van der Waals surface area (Å²) in [6.07, 6.45) is 1.42. The Bertz CT molecular complexity index is 1300. The second kappa shape index (κ2) is 9.07. The summed E-state index contributed by atoms with van der Waals surface area (Å²) in [5.41, 5.74) is 3.03. The van der Waals surface area contributed by atoms with Crippen LogP contribution in [0.25, 0.3) is 11.0 Å². The van der Waals surface area contributed by atoms with Crippen molar-refractivity contribution in [1.82, 2.24) is 19.9 Å². The molecule has 2 aromatic carbocycles. The number of amides is 2. The van der Waals surface area contributed by atoms with E-state index in [1.807, 2.05) is 17.7 Å². The van der Waals surface area contributed by atoms with E-state index >= 15 is 0 Å². The van der Waals surface area contributed by atoms with Gasteiger partial charge in [0, 0.05) is 18.9 Å². The van der Waals surface area contributed by atoms with Crippen LogP contribution in [0.4, 0.5) is 5.69 Å². The monoisotopic (exact) mass is 449 g/mol. The maximum Gasteiger partial charge on any atom is 0.259 e. The summed E-state index contributed by atoms with van der Waals surface area (Å²) in [5.74, 6) is 0.620. The van der Waals surface area contributed by atoms with Crippen LogP contribution in [0.1, 0.15) is 26.5 Å². The van der Waals surface area contributed by atoms with Crippen LogP contribution in [0.5, 0.6) is 5.75 Å². The van der Waals surface area contributed by atoms with Gasteiger partial charge in [-0.1, -0.05) is 23.7 Å². The molecule has 2 N–H and O–H groups in total. The SMILES string of the molecule is COc1ccccc1C(=O)Nc1ccc2c(c1)nc(CNC(=O)c1ccc(Cl)nc1)n2C. The van der Waals surface area contributed by atoms with E-state index in [0.29, 0.717) is 39.1 Å². The number of imidazole rings is 1. The van der Waals surface area contributed by atoms with Gasteiger partial charge in [0.1, 0.15) is 16.7 Å². The van der Waals surface area contributed by atoms with Crippen LogP contribution in [0, 0.1) is 0 Å². The number of nitrogens with one attached hydrogen (secondary N) is 2. The van der Waals surface area contributed by atoms with E-state index in [4.69, 9.17) is 16.3 Å². The van der Waals surface area contributed by atoms with Gasteiger partial charge in [-0.3, -0.25) is 9.59 Å². The molecule has 0 spiro atoms. The van der Waals surface area contributed by atoms with E-state index in [1.54, 1.807) is 48.5 Å². The third kappa shape index (κ3) is 4.40. The number of anilines is 1. The largest absolute Gasteiger partial charge is 0.496 e. The van der Waals surface area contributed by atoms with E-state index in [1.165, 1.54) is 13.3 Å². The number of aryl methyl sites for hydroxylation is 1. The van der Waals surface area contributed by atoms with Gasteiger partial charge in [-0.05, 0) is 42.5 Å². The molecule has 4 rings (SSSR count). The predicted molar refractivity (Wildman–Crippen MR) is 122 cm³/mol.